The molecule has 0 bridgehead atoms. The van der Waals surface area contributed by atoms with Gasteiger partial charge in [0.05, 0.1) is 18.0 Å². The van der Waals surface area contributed by atoms with Crippen LogP contribution in [0.4, 0.5) is 11.4 Å². The fourth-order valence-corrected chi connectivity index (χ4v) is 2.14. The summed E-state index contributed by atoms with van der Waals surface area (Å²) in [6.45, 7) is 1.75. The minimum absolute atomic E-state index is 0.0443. The van der Waals surface area contributed by atoms with Crippen molar-refractivity contribution in [1.82, 2.24) is 0 Å². The van der Waals surface area contributed by atoms with Gasteiger partial charge in [-0.2, -0.15) is 0 Å². The van der Waals surface area contributed by atoms with Crippen molar-refractivity contribution < 1.29 is 9.90 Å². The van der Waals surface area contributed by atoms with Crippen molar-refractivity contribution in [3.63, 3.8) is 0 Å². The summed E-state index contributed by atoms with van der Waals surface area (Å²) in [7, 11) is 0. The largest absolute Gasteiger partial charge is 0.392 e. The molecule has 0 spiro atoms. The predicted molar refractivity (Wildman–Crippen MR) is 61.8 cm³/mol. The monoisotopic (exact) mass is 270 g/mol. The van der Waals surface area contributed by atoms with Crippen molar-refractivity contribution >= 4 is 33.2 Å². The molecule has 0 radical (unpaired) electrons. The first-order chi connectivity index (χ1) is 7.11. The first kappa shape index (κ1) is 10.4. The lowest BCUT2D eigenvalue weighted by atomic mass is 10.1. The molecular formula is C10H11BrN2O2. The van der Waals surface area contributed by atoms with Gasteiger partial charge in [-0.1, -0.05) is 0 Å². The average molecular weight is 271 g/mol. The van der Waals surface area contributed by atoms with Crippen LogP contribution in [-0.2, 0) is 11.4 Å². The fourth-order valence-electron chi connectivity index (χ4n) is 1.52. The predicted octanol–water partition coefficient (Wildman–Crippen LogP) is 1.69. The van der Waals surface area contributed by atoms with E-state index in [0.717, 1.165) is 15.7 Å². The second-order valence-electron chi connectivity index (χ2n) is 3.51. The van der Waals surface area contributed by atoms with E-state index in [9.17, 15) is 4.79 Å². The number of benzene rings is 1. The molecule has 0 unspecified atom stereocenters. The normalized spacial score (nSPS) is 19.1. The third kappa shape index (κ3) is 1.85. The summed E-state index contributed by atoms with van der Waals surface area (Å²) >= 11 is 3.40. The Balaban J connectivity index is 2.48. The zero-order valence-corrected chi connectivity index (χ0v) is 9.76. The van der Waals surface area contributed by atoms with Crippen LogP contribution in [0.25, 0.3) is 0 Å². The van der Waals surface area contributed by atoms with E-state index < -0.39 is 0 Å². The summed E-state index contributed by atoms with van der Waals surface area (Å²) in [5, 5.41) is 14.9. The van der Waals surface area contributed by atoms with Crippen LogP contribution >= 0.6 is 15.9 Å². The Morgan fingerprint density at radius 3 is 2.93 bits per heavy atom. The molecule has 0 aromatic heterocycles. The van der Waals surface area contributed by atoms with Crippen LogP contribution in [0.1, 0.15) is 12.5 Å². The molecule has 0 aliphatic carbocycles. The van der Waals surface area contributed by atoms with Gasteiger partial charge in [-0.3, -0.25) is 4.79 Å². The fraction of sp³-hybridized carbons (Fsp3) is 0.300. The molecule has 0 fully saturated rings. The molecule has 15 heavy (non-hydrogen) atoms. The number of carbonyl (C=O) groups is 1. The summed E-state index contributed by atoms with van der Waals surface area (Å²) in [5.74, 6) is -0.0653. The van der Waals surface area contributed by atoms with Crippen molar-refractivity contribution in [3.05, 3.63) is 22.2 Å². The van der Waals surface area contributed by atoms with Crippen molar-refractivity contribution in [2.45, 2.75) is 19.6 Å². The summed E-state index contributed by atoms with van der Waals surface area (Å²) in [5.41, 5.74) is 2.33. The van der Waals surface area contributed by atoms with Gasteiger partial charge in [-0.25, -0.2) is 0 Å². The number of aliphatic hydroxyl groups is 1. The van der Waals surface area contributed by atoms with Gasteiger partial charge >= 0.3 is 0 Å². The van der Waals surface area contributed by atoms with Crippen molar-refractivity contribution in [2.24, 2.45) is 0 Å². The third-order valence-corrected chi connectivity index (χ3v) is 2.97. The molecule has 5 heteroatoms. The summed E-state index contributed by atoms with van der Waals surface area (Å²) in [6, 6.07) is 3.35. The standard InChI is InChI=1S/C10H11BrN2O2/c1-5-10(15)13-8-3-6(4-14)2-7(11)9(8)12-5/h2-3,5,12,14H,4H2,1H3,(H,13,15)/t5-/m1/s1. The quantitative estimate of drug-likeness (QED) is 0.728. The Morgan fingerprint density at radius 1 is 1.53 bits per heavy atom. The van der Waals surface area contributed by atoms with Gasteiger partial charge in [-0.05, 0) is 40.5 Å². The molecule has 1 heterocycles. The topological polar surface area (TPSA) is 61.4 Å². The van der Waals surface area contributed by atoms with Gasteiger partial charge in [0.2, 0.25) is 5.91 Å². The molecule has 1 atom stereocenters. The number of aliphatic hydroxyl groups excluding tert-OH is 1. The van der Waals surface area contributed by atoms with Gasteiger partial charge < -0.3 is 15.7 Å². The van der Waals surface area contributed by atoms with E-state index in [1.807, 2.05) is 6.07 Å². The van der Waals surface area contributed by atoms with E-state index in [-0.39, 0.29) is 18.6 Å². The number of anilines is 2. The average Bonchev–Trinajstić information content (AvgIpc) is 2.21. The molecule has 3 N–H and O–H groups in total. The highest BCUT2D eigenvalue weighted by molar-refractivity contribution is 9.10. The highest BCUT2D eigenvalue weighted by atomic mass is 79.9. The Morgan fingerprint density at radius 2 is 2.27 bits per heavy atom. The van der Waals surface area contributed by atoms with E-state index in [1.54, 1.807) is 13.0 Å². The van der Waals surface area contributed by atoms with E-state index in [0.29, 0.717) is 5.69 Å². The molecule has 80 valence electrons. The number of carbonyl (C=O) groups excluding carboxylic acids is 1. The summed E-state index contributed by atoms with van der Waals surface area (Å²) < 4.78 is 0.843. The van der Waals surface area contributed by atoms with Gasteiger partial charge in [0.15, 0.2) is 0 Å². The SMILES string of the molecule is C[C@H]1Nc2c(Br)cc(CO)cc2NC1=O. The van der Waals surface area contributed by atoms with E-state index in [2.05, 4.69) is 26.6 Å². The molecule has 4 nitrogen and oxygen atoms in total. The van der Waals surface area contributed by atoms with E-state index >= 15 is 0 Å². The maximum absolute atomic E-state index is 11.4. The van der Waals surface area contributed by atoms with Gasteiger partial charge in [0.1, 0.15) is 6.04 Å². The third-order valence-electron chi connectivity index (χ3n) is 2.34. The number of nitrogens with one attached hydrogen (secondary N) is 2. The first-order valence-electron chi connectivity index (χ1n) is 4.62. The summed E-state index contributed by atoms with van der Waals surface area (Å²) in [6.07, 6.45) is 0. The number of halogens is 1. The molecule has 1 aliphatic heterocycles. The molecular weight excluding hydrogens is 260 g/mol. The Kier molecular flexibility index (Phi) is 2.67. The minimum atomic E-state index is -0.242. The lowest BCUT2D eigenvalue weighted by Gasteiger charge is -2.25. The number of amides is 1. The second-order valence-corrected chi connectivity index (χ2v) is 4.37. The van der Waals surface area contributed by atoms with Crippen LogP contribution < -0.4 is 10.6 Å². The van der Waals surface area contributed by atoms with Gasteiger partial charge in [-0.15, -0.1) is 0 Å². The molecule has 2 rings (SSSR count). The van der Waals surface area contributed by atoms with E-state index in [1.165, 1.54) is 0 Å². The maximum atomic E-state index is 11.4. The van der Waals surface area contributed by atoms with Crippen molar-refractivity contribution in [3.8, 4) is 0 Å². The van der Waals surface area contributed by atoms with Crippen LogP contribution in [0.3, 0.4) is 0 Å². The maximum Gasteiger partial charge on any atom is 0.246 e. The number of hydrogen-bond donors (Lipinski definition) is 3. The number of rotatable bonds is 1. The van der Waals surface area contributed by atoms with Crippen molar-refractivity contribution in [1.29, 1.82) is 0 Å². The van der Waals surface area contributed by atoms with Crippen molar-refractivity contribution in [2.75, 3.05) is 10.6 Å². The van der Waals surface area contributed by atoms with Crippen LogP contribution in [0.2, 0.25) is 0 Å². The molecule has 1 aromatic rings. The molecule has 0 saturated carbocycles. The highest BCUT2D eigenvalue weighted by Crippen LogP contribution is 2.35. The lowest BCUT2D eigenvalue weighted by molar-refractivity contribution is -0.116. The molecule has 1 aromatic carbocycles. The Hall–Kier alpha value is -1.07. The first-order valence-corrected chi connectivity index (χ1v) is 5.42. The van der Waals surface area contributed by atoms with Crippen LogP contribution in [0.15, 0.2) is 16.6 Å². The van der Waals surface area contributed by atoms with Crippen LogP contribution in [0.5, 0.6) is 0 Å². The molecule has 1 amide bonds. The number of fused-ring (bicyclic) bond motifs is 1. The molecule has 1 aliphatic rings. The lowest BCUT2D eigenvalue weighted by Crippen LogP contribution is -2.36. The number of hydrogen-bond acceptors (Lipinski definition) is 3. The second kappa shape index (κ2) is 3.83. The van der Waals surface area contributed by atoms with E-state index in [4.69, 9.17) is 5.11 Å². The smallest absolute Gasteiger partial charge is 0.246 e. The zero-order valence-electron chi connectivity index (χ0n) is 8.17. The Bertz CT molecular complexity index is 420. The minimum Gasteiger partial charge on any atom is -0.392 e. The molecule has 0 saturated heterocycles. The van der Waals surface area contributed by atoms with Crippen LogP contribution in [-0.4, -0.2) is 17.1 Å². The zero-order chi connectivity index (χ0) is 11.0. The van der Waals surface area contributed by atoms with Gasteiger partial charge in [0, 0.05) is 4.47 Å². The highest BCUT2D eigenvalue weighted by Gasteiger charge is 2.23. The Labute approximate surface area is 95.8 Å². The summed E-state index contributed by atoms with van der Waals surface area (Å²) in [4.78, 5) is 11.4. The van der Waals surface area contributed by atoms with Crippen LogP contribution in [0, 0.1) is 0 Å². The van der Waals surface area contributed by atoms with Gasteiger partial charge in [0.25, 0.3) is 0 Å².